The maximum Gasteiger partial charge on any atom is 0.275 e. The summed E-state index contributed by atoms with van der Waals surface area (Å²) in [4.78, 5) is 25.0. The monoisotopic (exact) mass is 364 g/mol. The molecule has 6 nitrogen and oxygen atoms in total. The van der Waals surface area contributed by atoms with E-state index >= 15 is 0 Å². The van der Waals surface area contributed by atoms with Gasteiger partial charge in [-0.05, 0) is 29.8 Å². The van der Waals surface area contributed by atoms with Crippen LogP contribution in [-0.4, -0.2) is 35.2 Å². The highest BCUT2D eigenvalue weighted by Crippen LogP contribution is 2.35. The minimum absolute atomic E-state index is 0.0680. The number of benzene rings is 1. The summed E-state index contributed by atoms with van der Waals surface area (Å²) in [5.41, 5.74) is 3.60. The van der Waals surface area contributed by atoms with Crippen LogP contribution >= 0.6 is 11.3 Å². The third-order valence-electron chi connectivity index (χ3n) is 4.69. The van der Waals surface area contributed by atoms with Gasteiger partial charge >= 0.3 is 0 Å². The molecule has 1 aliphatic rings. The second-order valence-electron chi connectivity index (χ2n) is 6.49. The van der Waals surface area contributed by atoms with Gasteiger partial charge in [-0.25, -0.2) is 9.97 Å². The topological polar surface area (TPSA) is 60.2 Å². The Bertz CT molecular complexity index is 1230. The van der Waals surface area contributed by atoms with Crippen LogP contribution in [0.5, 0.6) is 5.75 Å². The van der Waals surface area contributed by atoms with E-state index < -0.39 is 0 Å². The fourth-order valence-electron chi connectivity index (χ4n) is 3.42. The first-order chi connectivity index (χ1) is 12.6. The van der Waals surface area contributed by atoms with Crippen LogP contribution in [0.25, 0.3) is 26.1 Å². The molecule has 0 N–H and O–H groups in total. The highest BCUT2D eigenvalue weighted by molar-refractivity contribution is 7.25. The van der Waals surface area contributed by atoms with E-state index in [4.69, 9.17) is 4.74 Å². The Balaban J connectivity index is 1.77. The molecule has 0 saturated carbocycles. The summed E-state index contributed by atoms with van der Waals surface area (Å²) in [5.74, 6) is 0.900. The number of ether oxygens (including phenoxy) is 1. The molecule has 5 rings (SSSR count). The zero-order valence-electron chi connectivity index (χ0n) is 14.4. The molecule has 130 valence electrons. The standard InChI is InChI=1S/C19H16N4O2S/c1-22(2)13-5-7-20-18-15(13)16-17(26-18)19(24)23(10-21-16)12-3-4-14-11(9-12)6-8-25-14/h3-5,7,9-10H,6,8H2,1-2H3. The van der Waals surface area contributed by atoms with Crippen molar-refractivity contribution in [1.29, 1.82) is 0 Å². The van der Waals surface area contributed by atoms with Gasteiger partial charge in [0.15, 0.2) is 0 Å². The number of anilines is 1. The molecule has 0 aliphatic carbocycles. The van der Waals surface area contributed by atoms with Gasteiger partial charge in [-0.2, -0.15) is 0 Å². The van der Waals surface area contributed by atoms with Gasteiger partial charge in [-0.1, -0.05) is 0 Å². The van der Waals surface area contributed by atoms with Crippen molar-refractivity contribution in [2.24, 2.45) is 0 Å². The lowest BCUT2D eigenvalue weighted by molar-refractivity contribution is 0.357. The van der Waals surface area contributed by atoms with E-state index in [0.717, 1.165) is 39.3 Å². The zero-order chi connectivity index (χ0) is 17.8. The number of thiophene rings is 1. The minimum atomic E-state index is -0.0680. The fraction of sp³-hybridized carbons (Fsp3) is 0.211. The van der Waals surface area contributed by atoms with E-state index in [1.165, 1.54) is 11.3 Å². The first kappa shape index (κ1) is 15.3. The number of pyridine rings is 1. The Kier molecular flexibility index (Phi) is 3.27. The molecular formula is C19H16N4O2S. The van der Waals surface area contributed by atoms with Crippen molar-refractivity contribution < 1.29 is 4.74 Å². The number of hydrogen-bond acceptors (Lipinski definition) is 6. The molecule has 0 atom stereocenters. The quantitative estimate of drug-likeness (QED) is 0.547. The van der Waals surface area contributed by atoms with Gasteiger partial charge in [0, 0.05) is 26.7 Å². The third kappa shape index (κ3) is 2.13. The van der Waals surface area contributed by atoms with Crippen LogP contribution in [0.4, 0.5) is 5.69 Å². The predicted molar refractivity (Wildman–Crippen MR) is 104 cm³/mol. The Labute approximate surface area is 153 Å². The highest BCUT2D eigenvalue weighted by atomic mass is 32.1. The van der Waals surface area contributed by atoms with Gasteiger partial charge in [0.2, 0.25) is 0 Å². The maximum atomic E-state index is 13.1. The number of nitrogens with zero attached hydrogens (tertiary/aromatic N) is 4. The molecular weight excluding hydrogens is 348 g/mol. The number of aromatic nitrogens is 3. The summed E-state index contributed by atoms with van der Waals surface area (Å²) in [5, 5.41) is 0.934. The van der Waals surface area contributed by atoms with Crippen molar-refractivity contribution in [1.82, 2.24) is 14.5 Å². The van der Waals surface area contributed by atoms with Crippen molar-refractivity contribution >= 4 is 37.5 Å². The van der Waals surface area contributed by atoms with Crippen LogP contribution in [-0.2, 0) is 6.42 Å². The molecule has 1 aromatic carbocycles. The summed E-state index contributed by atoms with van der Waals surface area (Å²) in [6.45, 7) is 0.695. The van der Waals surface area contributed by atoms with Crippen LogP contribution in [0.2, 0.25) is 0 Å². The van der Waals surface area contributed by atoms with Crippen molar-refractivity contribution in [3.05, 3.63) is 52.7 Å². The van der Waals surface area contributed by atoms with E-state index in [0.29, 0.717) is 16.8 Å². The van der Waals surface area contributed by atoms with Gasteiger partial charge < -0.3 is 9.64 Å². The van der Waals surface area contributed by atoms with Crippen LogP contribution in [0, 0.1) is 0 Å². The largest absolute Gasteiger partial charge is 0.493 e. The third-order valence-corrected chi connectivity index (χ3v) is 5.77. The van der Waals surface area contributed by atoms with Gasteiger partial charge in [-0.15, -0.1) is 11.3 Å². The van der Waals surface area contributed by atoms with Crippen LogP contribution in [0.15, 0.2) is 41.6 Å². The molecule has 26 heavy (non-hydrogen) atoms. The van der Waals surface area contributed by atoms with Crippen molar-refractivity contribution in [3.8, 4) is 11.4 Å². The Morgan fingerprint density at radius 3 is 2.96 bits per heavy atom. The Hall–Kier alpha value is -2.93. The molecule has 4 aromatic rings. The van der Waals surface area contributed by atoms with Gasteiger partial charge in [0.25, 0.3) is 5.56 Å². The van der Waals surface area contributed by atoms with E-state index in [1.54, 1.807) is 17.1 Å². The summed E-state index contributed by atoms with van der Waals surface area (Å²) < 4.78 is 7.78. The van der Waals surface area contributed by atoms with Crippen LogP contribution < -0.4 is 15.2 Å². The Morgan fingerprint density at radius 2 is 2.12 bits per heavy atom. The zero-order valence-corrected chi connectivity index (χ0v) is 15.2. The molecule has 0 saturated heterocycles. The molecule has 3 aromatic heterocycles. The lowest BCUT2D eigenvalue weighted by atomic mass is 10.1. The molecule has 4 heterocycles. The maximum absolute atomic E-state index is 13.1. The summed E-state index contributed by atoms with van der Waals surface area (Å²) in [6.07, 6.45) is 4.25. The van der Waals surface area contributed by atoms with E-state index in [2.05, 4.69) is 9.97 Å². The molecule has 0 fully saturated rings. The highest BCUT2D eigenvalue weighted by Gasteiger charge is 2.18. The van der Waals surface area contributed by atoms with Crippen molar-refractivity contribution in [2.75, 3.05) is 25.6 Å². The smallest absolute Gasteiger partial charge is 0.275 e. The van der Waals surface area contributed by atoms with E-state index in [1.807, 2.05) is 43.3 Å². The fourth-order valence-corrected chi connectivity index (χ4v) is 4.46. The first-order valence-electron chi connectivity index (χ1n) is 8.36. The Morgan fingerprint density at radius 1 is 1.23 bits per heavy atom. The van der Waals surface area contributed by atoms with Gasteiger partial charge in [0.1, 0.15) is 21.6 Å². The SMILES string of the molecule is CN(C)c1ccnc2sc3c(=O)n(-c4ccc5c(c4)CCO5)cnc3c12. The minimum Gasteiger partial charge on any atom is -0.493 e. The van der Waals surface area contributed by atoms with Crippen LogP contribution in [0.1, 0.15) is 5.56 Å². The van der Waals surface area contributed by atoms with Gasteiger partial charge in [0.05, 0.1) is 28.9 Å². The first-order valence-corrected chi connectivity index (χ1v) is 9.17. The summed E-state index contributed by atoms with van der Waals surface area (Å²) >= 11 is 1.40. The normalized spacial score (nSPS) is 13.2. The molecule has 0 spiro atoms. The second kappa shape index (κ2) is 5.54. The predicted octanol–water partition coefficient (Wildman–Crippen LogP) is 3.00. The van der Waals surface area contributed by atoms with Crippen molar-refractivity contribution in [3.63, 3.8) is 0 Å². The number of hydrogen-bond donors (Lipinski definition) is 0. The number of fused-ring (bicyclic) bond motifs is 4. The molecule has 7 heteroatoms. The van der Waals surface area contributed by atoms with Crippen molar-refractivity contribution in [2.45, 2.75) is 6.42 Å². The molecule has 0 amide bonds. The van der Waals surface area contributed by atoms with Crippen LogP contribution in [0.3, 0.4) is 0 Å². The molecule has 0 unspecified atom stereocenters. The molecule has 0 bridgehead atoms. The molecule has 0 radical (unpaired) electrons. The van der Waals surface area contributed by atoms with E-state index in [9.17, 15) is 4.79 Å². The second-order valence-corrected chi connectivity index (χ2v) is 7.49. The van der Waals surface area contributed by atoms with E-state index in [-0.39, 0.29) is 5.56 Å². The summed E-state index contributed by atoms with van der Waals surface area (Å²) in [7, 11) is 3.96. The lowest BCUT2D eigenvalue weighted by Crippen LogP contribution is -2.18. The number of rotatable bonds is 2. The average molecular weight is 364 g/mol. The van der Waals surface area contributed by atoms with Gasteiger partial charge in [-0.3, -0.25) is 9.36 Å². The molecule has 1 aliphatic heterocycles. The average Bonchev–Trinajstić information content (AvgIpc) is 3.25. The summed E-state index contributed by atoms with van der Waals surface area (Å²) in [6, 6.07) is 7.77. The lowest BCUT2D eigenvalue weighted by Gasteiger charge is -2.13.